The molecule has 1 saturated heterocycles. The molecule has 1 aliphatic heterocycles. The molecule has 3 fully saturated rings. The molecule has 4 heteroatoms. The Morgan fingerprint density at radius 3 is 2.18 bits per heavy atom. The van der Waals surface area contributed by atoms with Gasteiger partial charge >= 0.3 is 0 Å². The first-order valence-corrected chi connectivity index (χ1v) is 7.77. The summed E-state index contributed by atoms with van der Waals surface area (Å²) in [6.45, 7) is 0. The number of nitrogens with zero attached hydrogens (tertiary/aromatic N) is 2. The number of imide groups is 1. The van der Waals surface area contributed by atoms with Crippen molar-refractivity contribution in [3.05, 3.63) is 42.0 Å². The van der Waals surface area contributed by atoms with Gasteiger partial charge in [0.25, 0.3) is 0 Å². The third-order valence-electron chi connectivity index (χ3n) is 5.93. The Morgan fingerprint density at radius 2 is 1.59 bits per heavy atom. The molecule has 1 heterocycles. The van der Waals surface area contributed by atoms with Gasteiger partial charge in [-0.1, -0.05) is 24.3 Å². The van der Waals surface area contributed by atoms with Gasteiger partial charge in [0.2, 0.25) is 11.8 Å². The normalized spacial score (nSPS) is 40.4. The molecule has 108 valence electrons. The summed E-state index contributed by atoms with van der Waals surface area (Å²) in [5, 5.41) is 9.26. The first-order chi connectivity index (χ1) is 10.7. The maximum Gasteiger partial charge on any atom is 0.238 e. The fourth-order valence-electron chi connectivity index (χ4n) is 4.96. The molecule has 6 rings (SSSR count). The van der Waals surface area contributed by atoms with E-state index in [2.05, 4.69) is 18.2 Å². The Bertz CT molecular complexity index is 755. The van der Waals surface area contributed by atoms with Crippen LogP contribution in [0.4, 0.5) is 5.69 Å². The predicted molar refractivity (Wildman–Crippen MR) is 78.3 cm³/mol. The highest BCUT2D eigenvalue weighted by Gasteiger charge is 2.67. The van der Waals surface area contributed by atoms with E-state index in [1.54, 1.807) is 24.3 Å². The fraction of sp³-hybridized carbons (Fsp3) is 0.389. The number of benzene rings is 1. The summed E-state index contributed by atoms with van der Waals surface area (Å²) in [5.41, 5.74) is 0.829. The van der Waals surface area contributed by atoms with Crippen molar-refractivity contribution in [2.45, 2.75) is 6.42 Å². The average molecular weight is 290 g/mol. The van der Waals surface area contributed by atoms with E-state index < -0.39 is 0 Å². The largest absolute Gasteiger partial charge is 0.274 e. The molecule has 22 heavy (non-hydrogen) atoms. The standard InChI is InChI=1S/C18H14N2O2/c19-8-9-3-1-2-4-14(9)20-17(21)15-10-5-6-11(13-7-12(10)13)16(15)18(20)22/h1-6,10-13,15-16H,7H2/t10-,11-,12-,13+,15+,16+/m1/s1. The molecule has 0 spiro atoms. The maximum atomic E-state index is 12.9. The molecule has 0 aromatic heterocycles. The number of anilines is 1. The van der Waals surface area contributed by atoms with Crippen molar-refractivity contribution in [3.8, 4) is 6.07 Å². The quantitative estimate of drug-likeness (QED) is 0.588. The number of allylic oxidation sites excluding steroid dienone is 2. The molecular formula is C18H14N2O2. The SMILES string of the molecule is N#Cc1ccccc1N1C(=O)[C@H]2[C@@H]3C=C[C@H]([C@@H]4C[C@H]34)[C@@H]2C1=O. The third-order valence-corrected chi connectivity index (χ3v) is 5.93. The van der Waals surface area contributed by atoms with E-state index in [1.165, 1.54) is 4.90 Å². The zero-order valence-electron chi connectivity index (χ0n) is 11.8. The van der Waals surface area contributed by atoms with Gasteiger partial charge in [-0.2, -0.15) is 5.26 Å². The van der Waals surface area contributed by atoms with Crippen LogP contribution in [-0.4, -0.2) is 11.8 Å². The molecule has 0 unspecified atom stereocenters. The first kappa shape index (κ1) is 12.2. The van der Waals surface area contributed by atoms with Crippen LogP contribution in [0.2, 0.25) is 0 Å². The molecule has 2 amide bonds. The molecule has 2 saturated carbocycles. The van der Waals surface area contributed by atoms with Gasteiger partial charge in [0.05, 0.1) is 23.1 Å². The molecule has 1 aromatic carbocycles. The van der Waals surface area contributed by atoms with Gasteiger partial charge < -0.3 is 0 Å². The number of nitriles is 1. The number of para-hydroxylation sites is 1. The predicted octanol–water partition coefficient (Wildman–Crippen LogP) is 2.12. The number of rotatable bonds is 1. The van der Waals surface area contributed by atoms with Gasteiger partial charge in [-0.25, -0.2) is 4.90 Å². The Kier molecular flexibility index (Phi) is 2.14. The summed E-state index contributed by atoms with van der Waals surface area (Å²) in [7, 11) is 0. The second-order valence-electron chi connectivity index (χ2n) is 6.80. The number of carbonyl (C=O) groups excluding carboxylic acids is 2. The highest BCUT2D eigenvalue weighted by molar-refractivity contribution is 6.23. The van der Waals surface area contributed by atoms with Crippen LogP contribution in [0.15, 0.2) is 36.4 Å². The average Bonchev–Trinajstić information content (AvgIpc) is 3.32. The summed E-state index contributed by atoms with van der Waals surface area (Å²) < 4.78 is 0. The highest BCUT2D eigenvalue weighted by atomic mass is 16.2. The molecule has 5 aliphatic rings. The van der Waals surface area contributed by atoms with Crippen LogP contribution in [0, 0.1) is 46.8 Å². The van der Waals surface area contributed by atoms with Crippen LogP contribution >= 0.6 is 0 Å². The number of hydrogen-bond donors (Lipinski definition) is 0. The van der Waals surface area contributed by atoms with Gasteiger partial charge in [-0.05, 0) is 42.2 Å². The van der Waals surface area contributed by atoms with Crippen LogP contribution in [0.5, 0.6) is 0 Å². The van der Waals surface area contributed by atoms with E-state index in [4.69, 9.17) is 0 Å². The summed E-state index contributed by atoms with van der Waals surface area (Å²) >= 11 is 0. The van der Waals surface area contributed by atoms with E-state index in [9.17, 15) is 14.9 Å². The first-order valence-electron chi connectivity index (χ1n) is 7.77. The van der Waals surface area contributed by atoms with Crippen LogP contribution < -0.4 is 4.90 Å². The zero-order valence-corrected chi connectivity index (χ0v) is 11.8. The lowest BCUT2D eigenvalue weighted by atomic mass is 9.63. The van der Waals surface area contributed by atoms with Crippen molar-refractivity contribution in [1.82, 2.24) is 0 Å². The Balaban J connectivity index is 1.62. The fourth-order valence-corrected chi connectivity index (χ4v) is 4.96. The van der Waals surface area contributed by atoms with Crippen LogP contribution in [0.1, 0.15) is 12.0 Å². The van der Waals surface area contributed by atoms with Crippen molar-refractivity contribution in [2.24, 2.45) is 35.5 Å². The molecular weight excluding hydrogens is 276 g/mol. The van der Waals surface area contributed by atoms with Crippen LogP contribution in [0.25, 0.3) is 0 Å². The van der Waals surface area contributed by atoms with Crippen LogP contribution in [0.3, 0.4) is 0 Å². The topological polar surface area (TPSA) is 61.2 Å². The number of amides is 2. The van der Waals surface area contributed by atoms with E-state index in [-0.39, 0.29) is 35.5 Å². The van der Waals surface area contributed by atoms with E-state index in [0.717, 1.165) is 6.42 Å². The van der Waals surface area contributed by atoms with Gasteiger partial charge in [0.15, 0.2) is 0 Å². The summed E-state index contributed by atoms with van der Waals surface area (Å²) in [6, 6.07) is 8.96. The van der Waals surface area contributed by atoms with Gasteiger partial charge in [0, 0.05) is 0 Å². The molecule has 1 aromatic rings. The van der Waals surface area contributed by atoms with E-state index >= 15 is 0 Å². The molecule has 6 atom stereocenters. The highest BCUT2D eigenvalue weighted by Crippen LogP contribution is 2.65. The minimum Gasteiger partial charge on any atom is -0.274 e. The Labute approximate surface area is 128 Å². The molecule has 0 N–H and O–H groups in total. The Morgan fingerprint density at radius 1 is 1.00 bits per heavy atom. The van der Waals surface area contributed by atoms with Crippen molar-refractivity contribution < 1.29 is 9.59 Å². The zero-order chi connectivity index (χ0) is 15.0. The summed E-state index contributed by atoms with van der Waals surface area (Å²) in [4.78, 5) is 27.2. The minimum atomic E-state index is -0.210. The molecule has 4 nitrogen and oxygen atoms in total. The number of hydrogen-bond acceptors (Lipinski definition) is 3. The van der Waals surface area contributed by atoms with Crippen molar-refractivity contribution in [2.75, 3.05) is 4.90 Å². The molecule has 0 radical (unpaired) electrons. The van der Waals surface area contributed by atoms with Gasteiger partial charge in [-0.15, -0.1) is 0 Å². The monoisotopic (exact) mass is 290 g/mol. The van der Waals surface area contributed by atoms with Gasteiger partial charge in [0.1, 0.15) is 6.07 Å². The smallest absolute Gasteiger partial charge is 0.238 e. The molecule has 2 bridgehead atoms. The van der Waals surface area contributed by atoms with E-state index in [1.807, 2.05) is 0 Å². The second-order valence-corrected chi connectivity index (χ2v) is 6.80. The Hall–Kier alpha value is -2.41. The van der Waals surface area contributed by atoms with Crippen molar-refractivity contribution in [1.29, 1.82) is 5.26 Å². The lowest BCUT2D eigenvalue weighted by Gasteiger charge is -2.37. The van der Waals surface area contributed by atoms with Gasteiger partial charge in [-0.3, -0.25) is 9.59 Å². The third kappa shape index (κ3) is 1.28. The van der Waals surface area contributed by atoms with Crippen molar-refractivity contribution in [3.63, 3.8) is 0 Å². The minimum absolute atomic E-state index is 0.109. The van der Waals surface area contributed by atoms with Crippen molar-refractivity contribution >= 4 is 17.5 Å². The lowest BCUT2D eigenvalue weighted by molar-refractivity contribution is -0.124. The van der Waals surface area contributed by atoms with E-state index in [0.29, 0.717) is 23.1 Å². The number of carbonyl (C=O) groups is 2. The lowest BCUT2D eigenvalue weighted by Crippen LogP contribution is -2.40. The van der Waals surface area contributed by atoms with Crippen LogP contribution in [-0.2, 0) is 9.59 Å². The molecule has 4 aliphatic carbocycles. The summed E-state index contributed by atoms with van der Waals surface area (Å²) in [5.74, 6) is 0.991. The summed E-state index contributed by atoms with van der Waals surface area (Å²) in [6.07, 6.45) is 5.47. The second kappa shape index (κ2) is 3.86. The maximum absolute atomic E-state index is 12.9.